The van der Waals surface area contributed by atoms with E-state index in [4.69, 9.17) is 21.1 Å². The number of nitrogens with one attached hydrogen (secondary N) is 1. The molecule has 0 bridgehead atoms. The van der Waals surface area contributed by atoms with Crippen molar-refractivity contribution in [1.29, 1.82) is 0 Å². The van der Waals surface area contributed by atoms with E-state index in [-0.39, 0.29) is 32.9 Å². The molecule has 7 nitrogen and oxygen atoms in total. The van der Waals surface area contributed by atoms with Gasteiger partial charge in [0.1, 0.15) is 16.4 Å². The molecule has 1 aliphatic rings. The zero-order chi connectivity index (χ0) is 24.5. The Morgan fingerprint density at radius 2 is 1.74 bits per heavy atom. The maximum Gasteiger partial charge on any atom is 0.339 e. The predicted octanol–water partition coefficient (Wildman–Crippen LogP) is 4.17. The van der Waals surface area contributed by atoms with Crippen LogP contribution in [-0.4, -0.2) is 26.5 Å². The number of halogens is 1. The summed E-state index contributed by atoms with van der Waals surface area (Å²) in [4.78, 5) is 13.9. The minimum Gasteiger partial charge on any atom is -0.493 e. The first-order valence-corrected chi connectivity index (χ1v) is 11.8. The maximum absolute atomic E-state index is 14.2. The predicted molar refractivity (Wildman–Crippen MR) is 130 cm³/mol. The number of hydrogen-bond acceptors (Lipinski definition) is 6. The Labute approximate surface area is 201 Å². The molecule has 10 heteroatoms. The van der Waals surface area contributed by atoms with Crippen LogP contribution >= 0.6 is 12.2 Å². The quantitative estimate of drug-likeness (QED) is 0.310. The van der Waals surface area contributed by atoms with Crippen molar-refractivity contribution in [1.82, 2.24) is 5.32 Å². The highest BCUT2D eigenvalue weighted by Crippen LogP contribution is 2.32. The van der Waals surface area contributed by atoms with Gasteiger partial charge in [0, 0.05) is 0 Å². The molecule has 1 N–H and O–H groups in total. The first kappa shape index (κ1) is 23.4. The third kappa shape index (κ3) is 4.63. The van der Waals surface area contributed by atoms with Crippen LogP contribution in [-0.2, 0) is 14.9 Å². The molecule has 4 rings (SSSR count). The number of methoxy groups -OCH3 is 1. The Kier molecular flexibility index (Phi) is 6.36. The summed E-state index contributed by atoms with van der Waals surface area (Å²) in [6.07, 6.45) is 1.50. The van der Waals surface area contributed by atoms with Crippen molar-refractivity contribution in [2.24, 2.45) is 0 Å². The maximum atomic E-state index is 14.2. The van der Waals surface area contributed by atoms with E-state index in [1.165, 1.54) is 55.7 Å². The molecular formula is C24H19FN2O5S2. The van der Waals surface area contributed by atoms with E-state index in [1.807, 2.05) is 6.92 Å². The van der Waals surface area contributed by atoms with Crippen molar-refractivity contribution in [3.05, 3.63) is 89.4 Å². The molecule has 3 aromatic rings. The molecule has 0 aliphatic carbocycles. The zero-order valence-electron chi connectivity index (χ0n) is 18.1. The number of amides is 1. The molecule has 174 valence electrons. The van der Waals surface area contributed by atoms with Gasteiger partial charge in [0.15, 0.2) is 16.6 Å². The van der Waals surface area contributed by atoms with Crippen LogP contribution in [0.1, 0.15) is 11.1 Å². The fourth-order valence-electron chi connectivity index (χ4n) is 3.27. The van der Waals surface area contributed by atoms with Gasteiger partial charge in [-0.25, -0.2) is 9.29 Å². The van der Waals surface area contributed by atoms with Crippen LogP contribution < -0.4 is 19.1 Å². The summed E-state index contributed by atoms with van der Waals surface area (Å²) in [6, 6.07) is 16.5. The second-order valence-corrected chi connectivity index (χ2v) is 9.27. The average Bonchev–Trinajstić information content (AvgIpc) is 3.08. The fourth-order valence-corrected chi connectivity index (χ4v) is 4.50. The highest BCUT2D eigenvalue weighted by molar-refractivity contribution is 7.87. The van der Waals surface area contributed by atoms with Crippen LogP contribution in [0.2, 0.25) is 0 Å². The lowest BCUT2D eigenvalue weighted by Crippen LogP contribution is -2.31. The van der Waals surface area contributed by atoms with Crippen molar-refractivity contribution in [2.45, 2.75) is 11.8 Å². The molecule has 0 spiro atoms. The number of aryl methyl sites for hydroxylation is 1. The van der Waals surface area contributed by atoms with Gasteiger partial charge in [-0.05, 0) is 67.2 Å². The second kappa shape index (κ2) is 9.24. The molecule has 0 aromatic heterocycles. The summed E-state index contributed by atoms with van der Waals surface area (Å²) in [7, 11) is -2.71. The third-order valence-corrected chi connectivity index (χ3v) is 6.51. The first-order chi connectivity index (χ1) is 16.2. The monoisotopic (exact) mass is 498 g/mol. The van der Waals surface area contributed by atoms with Crippen LogP contribution in [0.3, 0.4) is 0 Å². The number of thiocarbonyl (C=S) groups is 1. The lowest BCUT2D eigenvalue weighted by molar-refractivity contribution is -0.113. The number of hydrogen-bond donors (Lipinski definition) is 1. The van der Waals surface area contributed by atoms with Crippen LogP contribution in [0.15, 0.2) is 77.3 Å². The molecule has 0 radical (unpaired) electrons. The van der Waals surface area contributed by atoms with Crippen molar-refractivity contribution in [3.8, 4) is 11.5 Å². The lowest BCUT2D eigenvalue weighted by Gasteiger charge is -2.14. The van der Waals surface area contributed by atoms with E-state index in [0.29, 0.717) is 5.56 Å². The highest BCUT2D eigenvalue weighted by Gasteiger charge is 2.33. The fraction of sp³-hybridized carbons (Fsp3) is 0.0833. The molecular weight excluding hydrogens is 479 g/mol. The molecule has 0 saturated carbocycles. The van der Waals surface area contributed by atoms with Crippen molar-refractivity contribution >= 4 is 45.1 Å². The van der Waals surface area contributed by atoms with Crippen LogP contribution in [0.25, 0.3) is 6.08 Å². The smallest absolute Gasteiger partial charge is 0.339 e. The number of para-hydroxylation sites is 1. The van der Waals surface area contributed by atoms with Crippen molar-refractivity contribution < 1.29 is 26.5 Å². The summed E-state index contributed by atoms with van der Waals surface area (Å²) >= 11 is 5.21. The summed E-state index contributed by atoms with van der Waals surface area (Å²) in [5.74, 6) is -0.987. The average molecular weight is 499 g/mol. The number of nitrogens with zero attached hydrogens (tertiary/aromatic N) is 1. The molecule has 1 heterocycles. The van der Waals surface area contributed by atoms with Crippen molar-refractivity contribution in [3.63, 3.8) is 0 Å². The number of carbonyl (C=O) groups excluding carboxylic acids is 1. The summed E-state index contributed by atoms with van der Waals surface area (Å²) < 4.78 is 50.0. The number of rotatable bonds is 6. The van der Waals surface area contributed by atoms with Gasteiger partial charge in [0.05, 0.1) is 12.8 Å². The first-order valence-electron chi connectivity index (χ1n) is 10.0. The van der Waals surface area contributed by atoms with Gasteiger partial charge >= 0.3 is 10.1 Å². The number of anilines is 1. The third-order valence-electron chi connectivity index (χ3n) is 4.98. The van der Waals surface area contributed by atoms with E-state index in [0.717, 1.165) is 10.5 Å². The number of benzene rings is 3. The summed E-state index contributed by atoms with van der Waals surface area (Å²) in [6.45, 7) is 1.85. The zero-order valence-corrected chi connectivity index (χ0v) is 19.7. The molecule has 1 amide bonds. The van der Waals surface area contributed by atoms with Gasteiger partial charge in [-0.15, -0.1) is 0 Å². The minimum absolute atomic E-state index is 0.00819. The van der Waals surface area contributed by atoms with Gasteiger partial charge in [-0.3, -0.25) is 4.79 Å². The number of carbonyl (C=O) groups is 1. The molecule has 0 atom stereocenters. The molecule has 1 fully saturated rings. The Balaban J connectivity index is 1.61. The van der Waals surface area contributed by atoms with E-state index < -0.39 is 21.8 Å². The van der Waals surface area contributed by atoms with Crippen LogP contribution in [0.5, 0.6) is 11.5 Å². The highest BCUT2D eigenvalue weighted by atomic mass is 32.2. The van der Waals surface area contributed by atoms with Crippen molar-refractivity contribution in [2.75, 3.05) is 12.0 Å². The Bertz CT molecular complexity index is 1420. The molecule has 3 aromatic carbocycles. The van der Waals surface area contributed by atoms with Crippen LogP contribution in [0, 0.1) is 12.7 Å². The largest absolute Gasteiger partial charge is 0.493 e. The second-order valence-electron chi connectivity index (χ2n) is 7.34. The normalized spacial score (nSPS) is 14.9. The SMILES string of the molecule is COc1cc(/C=C2\NC(=S)N(c3ccccc3F)C2=O)ccc1OS(=O)(=O)c1ccc(C)cc1. The van der Waals surface area contributed by atoms with E-state index >= 15 is 0 Å². The Hall–Kier alpha value is -3.76. The number of ether oxygens (including phenoxy) is 1. The van der Waals surface area contributed by atoms with E-state index in [9.17, 15) is 17.6 Å². The lowest BCUT2D eigenvalue weighted by atomic mass is 10.1. The van der Waals surface area contributed by atoms with E-state index in [1.54, 1.807) is 24.3 Å². The van der Waals surface area contributed by atoms with Gasteiger partial charge in [0.25, 0.3) is 5.91 Å². The van der Waals surface area contributed by atoms with Crippen LogP contribution in [0.4, 0.5) is 10.1 Å². The molecule has 34 heavy (non-hydrogen) atoms. The van der Waals surface area contributed by atoms with E-state index in [2.05, 4.69) is 5.32 Å². The summed E-state index contributed by atoms with van der Waals surface area (Å²) in [5.41, 5.74) is 1.58. The van der Waals surface area contributed by atoms with Gasteiger partial charge in [-0.1, -0.05) is 35.9 Å². The van der Waals surface area contributed by atoms with Gasteiger partial charge in [0.2, 0.25) is 0 Å². The minimum atomic E-state index is -4.08. The molecule has 1 aliphatic heterocycles. The Morgan fingerprint density at radius 3 is 2.41 bits per heavy atom. The Morgan fingerprint density at radius 1 is 1.03 bits per heavy atom. The molecule has 0 unspecified atom stereocenters. The molecule has 1 saturated heterocycles. The summed E-state index contributed by atoms with van der Waals surface area (Å²) in [5, 5.41) is 2.82. The van der Waals surface area contributed by atoms with Gasteiger partial charge < -0.3 is 14.2 Å². The topological polar surface area (TPSA) is 84.9 Å². The van der Waals surface area contributed by atoms with Gasteiger partial charge in [-0.2, -0.15) is 8.42 Å². The standard InChI is InChI=1S/C24H19FN2O5S2/c1-15-7-10-17(11-8-15)34(29,30)32-21-12-9-16(14-22(21)31-2)13-19-23(28)27(24(33)26-19)20-6-4-3-5-18(20)25/h3-14H,1-2H3,(H,26,33)/b19-13-.